The van der Waals surface area contributed by atoms with Gasteiger partial charge in [-0.1, -0.05) is 41.0 Å². The van der Waals surface area contributed by atoms with Gasteiger partial charge in [-0.25, -0.2) is 9.67 Å². The number of halogens is 1. The fourth-order valence-electron chi connectivity index (χ4n) is 3.69. The molecule has 0 aliphatic rings. The molecule has 9 nitrogen and oxygen atoms in total. The highest BCUT2D eigenvalue weighted by Crippen LogP contribution is 2.18. The largest absolute Gasteiger partial charge is 0.356 e. The molecule has 5 aromatic rings. The Labute approximate surface area is 192 Å². The SMILES string of the molecule is O=C(Cc1noc2ccccc12)NCCn1ncc2c(=O)n(Cc3cccc(Cl)c3)cnc21. The molecule has 0 radical (unpaired) electrons. The standard InChI is InChI=1S/C23H19ClN6O3/c24-16-5-3-4-15(10-16)13-29-14-26-22-18(23(29)32)12-27-30(22)9-8-25-21(31)11-19-17-6-1-2-7-20(17)33-28-19/h1-7,10,12,14H,8-9,11,13H2,(H,25,31). The zero-order chi connectivity index (χ0) is 22.8. The maximum Gasteiger partial charge on any atom is 0.264 e. The van der Waals surface area contributed by atoms with Crippen molar-refractivity contribution in [2.24, 2.45) is 0 Å². The number of nitrogens with one attached hydrogen (secondary N) is 1. The molecule has 0 saturated carbocycles. The van der Waals surface area contributed by atoms with Gasteiger partial charge >= 0.3 is 0 Å². The van der Waals surface area contributed by atoms with Crippen molar-refractivity contribution in [1.82, 2.24) is 29.8 Å². The molecule has 0 fully saturated rings. The number of hydrogen-bond acceptors (Lipinski definition) is 6. The molecule has 166 valence electrons. The summed E-state index contributed by atoms with van der Waals surface area (Å²) in [6.45, 7) is 1.07. The van der Waals surface area contributed by atoms with Crippen molar-refractivity contribution in [2.45, 2.75) is 19.5 Å². The van der Waals surface area contributed by atoms with Gasteiger partial charge in [0.2, 0.25) is 5.91 Å². The number of aromatic nitrogens is 5. The highest BCUT2D eigenvalue weighted by atomic mass is 35.5. The predicted octanol–water partition coefficient (Wildman–Crippen LogP) is 2.79. The highest BCUT2D eigenvalue weighted by Gasteiger charge is 2.13. The molecule has 0 aliphatic carbocycles. The van der Waals surface area contributed by atoms with Crippen molar-refractivity contribution in [3.63, 3.8) is 0 Å². The minimum atomic E-state index is -0.187. The summed E-state index contributed by atoms with van der Waals surface area (Å²) in [5, 5.41) is 13.0. The molecule has 0 spiro atoms. The zero-order valence-electron chi connectivity index (χ0n) is 17.4. The smallest absolute Gasteiger partial charge is 0.264 e. The van der Waals surface area contributed by atoms with E-state index in [1.807, 2.05) is 42.5 Å². The average Bonchev–Trinajstić information content (AvgIpc) is 3.41. The lowest BCUT2D eigenvalue weighted by molar-refractivity contribution is -0.120. The van der Waals surface area contributed by atoms with Gasteiger partial charge in [0.05, 0.1) is 25.7 Å². The third kappa shape index (κ3) is 4.35. The van der Waals surface area contributed by atoms with Gasteiger partial charge in [-0.3, -0.25) is 14.2 Å². The lowest BCUT2D eigenvalue weighted by Crippen LogP contribution is -2.29. The van der Waals surface area contributed by atoms with Crippen LogP contribution in [0.25, 0.3) is 22.0 Å². The van der Waals surface area contributed by atoms with Crippen molar-refractivity contribution in [3.8, 4) is 0 Å². The van der Waals surface area contributed by atoms with Gasteiger partial charge < -0.3 is 9.84 Å². The summed E-state index contributed by atoms with van der Waals surface area (Å²) in [7, 11) is 0. The third-order valence-corrected chi connectivity index (χ3v) is 5.53. The molecule has 5 rings (SSSR count). The summed E-state index contributed by atoms with van der Waals surface area (Å²) < 4.78 is 8.36. The molecule has 3 heterocycles. The normalized spacial score (nSPS) is 11.3. The van der Waals surface area contributed by atoms with Crippen LogP contribution in [-0.2, 0) is 24.3 Å². The number of amides is 1. The molecule has 0 aliphatic heterocycles. The number of carbonyl (C=O) groups excluding carboxylic acids is 1. The fraction of sp³-hybridized carbons (Fsp3) is 0.174. The molecule has 0 bridgehead atoms. The molecule has 2 aromatic carbocycles. The number of carbonyl (C=O) groups is 1. The Hall–Kier alpha value is -3.98. The van der Waals surface area contributed by atoms with Gasteiger partial charge in [0, 0.05) is 17.0 Å². The molecular formula is C23H19ClN6O3. The molecule has 0 atom stereocenters. The van der Waals surface area contributed by atoms with Gasteiger partial charge in [0.15, 0.2) is 11.2 Å². The maximum absolute atomic E-state index is 12.8. The summed E-state index contributed by atoms with van der Waals surface area (Å²) in [5.41, 5.74) is 2.43. The van der Waals surface area contributed by atoms with Crippen molar-refractivity contribution in [2.75, 3.05) is 6.54 Å². The van der Waals surface area contributed by atoms with E-state index in [1.165, 1.54) is 17.1 Å². The summed E-state index contributed by atoms with van der Waals surface area (Å²) in [4.78, 5) is 29.6. The molecule has 3 aromatic heterocycles. The Morgan fingerprint density at radius 3 is 2.88 bits per heavy atom. The first-order chi connectivity index (χ1) is 16.1. The lowest BCUT2D eigenvalue weighted by atomic mass is 10.1. The van der Waals surface area contributed by atoms with E-state index < -0.39 is 0 Å². The molecule has 0 unspecified atom stereocenters. The summed E-state index contributed by atoms with van der Waals surface area (Å²) in [6, 6.07) is 14.7. The minimum absolute atomic E-state index is 0.114. The topological polar surface area (TPSA) is 108 Å². The fourth-order valence-corrected chi connectivity index (χ4v) is 3.90. The van der Waals surface area contributed by atoms with Crippen molar-refractivity contribution in [3.05, 3.63) is 87.7 Å². The van der Waals surface area contributed by atoms with E-state index in [9.17, 15) is 9.59 Å². The first-order valence-electron chi connectivity index (χ1n) is 10.3. The van der Waals surface area contributed by atoms with Gasteiger partial charge in [-0.05, 0) is 29.8 Å². The molecule has 0 saturated heterocycles. The molecule has 33 heavy (non-hydrogen) atoms. The quantitative estimate of drug-likeness (QED) is 0.398. The number of para-hydroxylation sites is 1. The van der Waals surface area contributed by atoms with E-state index in [2.05, 4.69) is 20.6 Å². The number of nitrogens with zero attached hydrogens (tertiary/aromatic N) is 5. The maximum atomic E-state index is 12.8. The Morgan fingerprint density at radius 2 is 2.00 bits per heavy atom. The highest BCUT2D eigenvalue weighted by molar-refractivity contribution is 6.30. The zero-order valence-corrected chi connectivity index (χ0v) is 18.2. The van der Waals surface area contributed by atoms with Crippen LogP contribution >= 0.6 is 11.6 Å². The van der Waals surface area contributed by atoms with E-state index in [-0.39, 0.29) is 17.9 Å². The van der Waals surface area contributed by atoms with Gasteiger partial charge in [-0.15, -0.1) is 0 Å². The van der Waals surface area contributed by atoms with E-state index in [0.717, 1.165) is 10.9 Å². The van der Waals surface area contributed by atoms with Crippen molar-refractivity contribution >= 4 is 39.5 Å². The number of benzene rings is 2. The Bertz CT molecular complexity index is 1520. The van der Waals surface area contributed by atoms with Crippen LogP contribution in [0.4, 0.5) is 0 Å². The molecule has 1 N–H and O–H groups in total. The Kier molecular flexibility index (Phi) is 5.62. The second-order valence-corrected chi connectivity index (χ2v) is 8.00. The van der Waals surface area contributed by atoms with Crippen LogP contribution in [0.2, 0.25) is 5.02 Å². The van der Waals surface area contributed by atoms with Crippen LogP contribution in [0.15, 0.2) is 70.4 Å². The first-order valence-corrected chi connectivity index (χ1v) is 10.7. The van der Waals surface area contributed by atoms with Gasteiger partial charge in [-0.2, -0.15) is 5.10 Å². The summed E-state index contributed by atoms with van der Waals surface area (Å²) >= 11 is 6.03. The average molecular weight is 463 g/mol. The van der Waals surface area contributed by atoms with E-state index in [1.54, 1.807) is 10.7 Å². The number of fused-ring (bicyclic) bond motifs is 2. The van der Waals surface area contributed by atoms with Gasteiger partial charge in [0.25, 0.3) is 5.56 Å². The second-order valence-electron chi connectivity index (χ2n) is 7.56. The van der Waals surface area contributed by atoms with Crippen LogP contribution in [0, 0.1) is 0 Å². The second kappa shape index (κ2) is 8.87. The number of rotatable bonds is 7. The number of hydrogen-bond donors (Lipinski definition) is 1. The van der Waals surface area contributed by atoms with Crippen LogP contribution in [-0.4, -0.2) is 36.9 Å². The van der Waals surface area contributed by atoms with Gasteiger partial charge in [0.1, 0.15) is 17.4 Å². The predicted molar refractivity (Wildman–Crippen MR) is 123 cm³/mol. The van der Waals surface area contributed by atoms with Crippen LogP contribution in [0.5, 0.6) is 0 Å². The molecule has 10 heteroatoms. The van der Waals surface area contributed by atoms with Crippen LogP contribution in [0.1, 0.15) is 11.3 Å². The van der Waals surface area contributed by atoms with E-state index in [4.69, 9.17) is 16.1 Å². The third-order valence-electron chi connectivity index (χ3n) is 5.29. The van der Waals surface area contributed by atoms with E-state index >= 15 is 0 Å². The monoisotopic (exact) mass is 462 g/mol. The van der Waals surface area contributed by atoms with Crippen LogP contribution < -0.4 is 10.9 Å². The van der Waals surface area contributed by atoms with Crippen molar-refractivity contribution < 1.29 is 9.32 Å². The Balaban J connectivity index is 1.23. The van der Waals surface area contributed by atoms with E-state index in [0.29, 0.717) is 47.0 Å². The minimum Gasteiger partial charge on any atom is -0.356 e. The Morgan fingerprint density at radius 1 is 1.12 bits per heavy atom. The summed E-state index contributed by atoms with van der Waals surface area (Å²) in [5.74, 6) is -0.178. The molecular weight excluding hydrogens is 444 g/mol. The molecule has 1 amide bonds. The first kappa shape index (κ1) is 20.9. The van der Waals surface area contributed by atoms with Crippen LogP contribution in [0.3, 0.4) is 0 Å². The lowest BCUT2D eigenvalue weighted by Gasteiger charge is -2.07. The summed E-state index contributed by atoms with van der Waals surface area (Å²) in [6.07, 6.45) is 3.11. The van der Waals surface area contributed by atoms with Crippen molar-refractivity contribution in [1.29, 1.82) is 0 Å².